The number of benzene rings is 3. The van der Waals surface area contributed by atoms with Gasteiger partial charge >= 0.3 is 0 Å². The smallest absolute Gasteiger partial charge is 0.164 e. The zero-order chi connectivity index (χ0) is 32.9. The van der Waals surface area contributed by atoms with Gasteiger partial charge in [0.1, 0.15) is 5.76 Å². The van der Waals surface area contributed by atoms with Crippen LogP contribution in [0.1, 0.15) is 72.8 Å². The maximum atomic E-state index is 12.2. The largest absolute Gasteiger partial charge is 0.512 e. The average molecular weight is 810 g/mol. The predicted molar refractivity (Wildman–Crippen MR) is 196 cm³/mol. The first kappa shape index (κ1) is 35.8. The molecular formula is C40H49IrN2O2Si-. The first-order chi connectivity index (χ1) is 21.2. The summed E-state index contributed by atoms with van der Waals surface area (Å²) >= 11 is 0. The van der Waals surface area contributed by atoms with Crippen LogP contribution in [0, 0.1) is 23.8 Å². The molecule has 0 fully saturated rings. The molecular weight excluding hydrogens is 761 g/mol. The number of hydrogen-bond donors (Lipinski definition) is 1. The number of rotatable bonds is 8. The Bertz CT molecular complexity index is 2060. The van der Waals surface area contributed by atoms with Crippen LogP contribution in [-0.2, 0) is 24.9 Å². The number of hydrogen-bond acceptors (Lipinski definition) is 3. The summed E-state index contributed by atoms with van der Waals surface area (Å²) < 4.78 is 2.45. The van der Waals surface area contributed by atoms with Crippen LogP contribution >= 0.6 is 0 Å². The molecule has 1 N–H and O–H groups in total. The van der Waals surface area contributed by atoms with Crippen molar-refractivity contribution >= 4 is 68.0 Å². The Kier molecular flexibility index (Phi) is 10.3. The van der Waals surface area contributed by atoms with Crippen molar-refractivity contribution in [2.45, 2.75) is 93.8 Å². The van der Waals surface area contributed by atoms with Crippen LogP contribution in [0.4, 0.5) is 0 Å². The number of carbonyl (C=O) groups excluding carboxylic acids is 1. The fraction of sp³-hybridized carbons (Fsp3) is 0.400. The van der Waals surface area contributed by atoms with Gasteiger partial charge < -0.3 is 14.5 Å². The van der Waals surface area contributed by atoms with Gasteiger partial charge in [-0.3, -0.25) is 4.79 Å². The van der Waals surface area contributed by atoms with Gasteiger partial charge in [0.2, 0.25) is 0 Å². The maximum absolute atomic E-state index is 12.2. The Morgan fingerprint density at radius 3 is 2.15 bits per heavy atom. The van der Waals surface area contributed by atoms with Crippen LogP contribution < -0.4 is 5.19 Å². The van der Waals surface area contributed by atoms with Crippen LogP contribution in [0.5, 0.6) is 0 Å². The van der Waals surface area contributed by atoms with E-state index in [-0.39, 0.29) is 42.5 Å². The second-order valence-corrected chi connectivity index (χ2v) is 19.5. The summed E-state index contributed by atoms with van der Waals surface area (Å²) in [6, 6.07) is 21.6. The molecule has 6 rings (SSSR count). The van der Waals surface area contributed by atoms with Gasteiger partial charge in [0.15, 0.2) is 5.78 Å². The molecule has 0 aliphatic rings. The molecule has 6 heteroatoms. The van der Waals surface area contributed by atoms with E-state index in [2.05, 4.69) is 85.6 Å². The van der Waals surface area contributed by atoms with Crippen molar-refractivity contribution in [3.8, 4) is 0 Å². The van der Waals surface area contributed by atoms with Gasteiger partial charge in [0.25, 0.3) is 0 Å². The summed E-state index contributed by atoms with van der Waals surface area (Å²) in [7, 11) is -1.46. The molecule has 3 aromatic carbocycles. The van der Waals surface area contributed by atoms with E-state index in [1.165, 1.54) is 49.4 Å². The van der Waals surface area contributed by atoms with Crippen molar-refractivity contribution < 1.29 is 30.0 Å². The summed E-state index contributed by atoms with van der Waals surface area (Å²) in [6.45, 7) is 21.5. The van der Waals surface area contributed by atoms with Crippen molar-refractivity contribution in [2.75, 3.05) is 0 Å². The Balaban J connectivity index is 0.000000234. The number of ketones is 1. The first-order valence-electron chi connectivity index (χ1n) is 16.6. The zero-order valence-electron chi connectivity index (χ0n) is 29.2. The number of para-hydroxylation sites is 1. The number of pyridine rings is 2. The van der Waals surface area contributed by atoms with E-state index in [0.717, 1.165) is 42.1 Å². The number of aromatic nitrogens is 2. The number of aliphatic hydroxyl groups is 1. The Morgan fingerprint density at radius 1 is 0.913 bits per heavy atom. The Morgan fingerprint density at radius 2 is 1.54 bits per heavy atom. The first-order valence-corrected chi connectivity index (χ1v) is 20.1. The molecule has 6 aromatic rings. The van der Waals surface area contributed by atoms with Gasteiger partial charge in [-0.05, 0) is 71.1 Å². The molecule has 0 spiro atoms. The van der Waals surface area contributed by atoms with Gasteiger partial charge in [0.05, 0.1) is 8.07 Å². The normalized spacial score (nSPS) is 13.0. The summed E-state index contributed by atoms with van der Waals surface area (Å²) in [5.41, 5.74) is 5.40. The number of allylic oxidation sites excluding steroid dienone is 2. The quantitative estimate of drug-likeness (QED) is 0.0416. The van der Waals surface area contributed by atoms with E-state index in [4.69, 9.17) is 4.98 Å². The van der Waals surface area contributed by atoms with E-state index in [0.29, 0.717) is 0 Å². The number of carbonyl (C=O) groups is 1. The minimum Gasteiger partial charge on any atom is -0.512 e. The van der Waals surface area contributed by atoms with Crippen LogP contribution in [-0.4, -0.2) is 28.3 Å². The summed E-state index contributed by atoms with van der Waals surface area (Å²) in [6.07, 6.45) is 6.71. The Hall–Kier alpha value is -3.05. The van der Waals surface area contributed by atoms with Crippen molar-refractivity contribution in [2.24, 2.45) is 10.8 Å². The molecule has 46 heavy (non-hydrogen) atoms. The fourth-order valence-electron chi connectivity index (χ4n) is 6.37. The molecule has 0 saturated heterocycles. The maximum Gasteiger partial charge on any atom is 0.164 e. The number of aryl methyl sites for hydroxylation is 1. The van der Waals surface area contributed by atoms with E-state index in [9.17, 15) is 9.90 Å². The van der Waals surface area contributed by atoms with Gasteiger partial charge in [0, 0.05) is 54.2 Å². The summed E-state index contributed by atoms with van der Waals surface area (Å²) in [5, 5.41) is 17.9. The van der Waals surface area contributed by atoms with Crippen molar-refractivity contribution in [3.05, 3.63) is 78.2 Å². The molecule has 3 aromatic heterocycles. The third-order valence-corrected chi connectivity index (χ3v) is 12.6. The fourth-order valence-corrected chi connectivity index (χ4v) is 7.52. The van der Waals surface area contributed by atoms with Crippen LogP contribution in [0.25, 0.3) is 49.0 Å². The predicted octanol–water partition coefficient (Wildman–Crippen LogP) is 10.7. The molecule has 4 nitrogen and oxygen atoms in total. The van der Waals surface area contributed by atoms with Crippen molar-refractivity contribution in [1.82, 2.24) is 9.38 Å². The molecule has 0 amide bonds. The molecule has 245 valence electrons. The molecule has 0 aliphatic heterocycles. The second kappa shape index (κ2) is 13.2. The molecule has 0 bridgehead atoms. The monoisotopic (exact) mass is 810 g/mol. The minimum atomic E-state index is -1.46. The molecule has 3 heterocycles. The molecule has 0 aliphatic carbocycles. The van der Waals surface area contributed by atoms with Crippen LogP contribution in [0.15, 0.2) is 66.6 Å². The molecule has 0 unspecified atom stereocenters. The standard InChI is InChI=1S/C25H21N2Si.C15H28O2.Ir/c1-15-11-19-18-7-5-6-8-21(18)27-22-14-17(28(2,3)4)13-16-9-10-26-24(23(16)22)20(12-15)25(19)27;1-7-14(5,8-2)12(16)11-13(17)15(6,9-3)10-4;/h5-11,13-14H,1-4H3;11,16H,7-10H2,1-6H3;/q-1;;/b;12-11-;. The molecule has 0 atom stereocenters. The summed E-state index contributed by atoms with van der Waals surface area (Å²) in [5.74, 6) is 0.286. The zero-order valence-corrected chi connectivity index (χ0v) is 32.6. The number of fused-ring (bicyclic) bond motifs is 5. The van der Waals surface area contributed by atoms with E-state index >= 15 is 0 Å². The topological polar surface area (TPSA) is 54.6 Å². The van der Waals surface area contributed by atoms with Gasteiger partial charge in [-0.1, -0.05) is 108 Å². The second-order valence-electron chi connectivity index (χ2n) is 14.4. The van der Waals surface area contributed by atoms with Crippen LogP contribution in [0.2, 0.25) is 19.6 Å². The van der Waals surface area contributed by atoms with Gasteiger partial charge in [-0.15, -0.1) is 17.7 Å². The number of aliphatic hydroxyl groups excluding tert-OH is 1. The average Bonchev–Trinajstić information content (AvgIpc) is 3.36. The van der Waals surface area contributed by atoms with Crippen LogP contribution in [0.3, 0.4) is 0 Å². The third-order valence-electron chi connectivity index (χ3n) is 10.6. The van der Waals surface area contributed by atoms with E-state index in [1.54, 1.807) is 0 Å². The number of nitrogens with zero attached hydrogens (tertiary/aromatic N) is 2. The SMILES string of the molecule is CCC(C)(CC)C(=O)/C=C(\O)C(C)(CC)CC.Cc1[c-]c2c3nccc4cc([Si](C)(C)C)cc(c43)n3c4ccccc4c(c1)c23.[Ir]. The van der Waals surface area contributed by atoms with Crippen molar-refractivity contribution in [3.63, 3.8) is 0 Å². The van der Waals surface area contributed by atoms with E-state index < -0.39 is 8.07 Å². The van der Waals surface area contributed by atoms with E-state index in [1.807, 2.05) is 47.7 Å². The molecule has 0 saturated carbocycles. The van der Waals surface area contributed by atoms with Gasteiger partial charge in [-0.25, -0.2) is 0 Å². The molecule has 1 radical (unpaired) electrons. The Labute approximate surface area is 289 Å². The minimum absolute atomic E-state index is 0. The van der Waals surface area contributed by atoms with Gasteiger partial charge in [-0.2, -0.15) is 0 Å². The third kappa shape index (κ3) is 6.05. The summed E-state index contributed by atoms with van der Waals surface area (Å²) in [4.78, 5) is 17.0. The van der Waals surface area contributed by atoms with Crippen molar-refractivity contribution in [1.29, 1.82) is 0 Å².